The van der Waals surface area contributed by atoms with Crippen molar-refractivity contribution in [3.05, 3.63) is 50.1 Å². The largest absolute Gasteiger partial charge is 0.416 e. The predicted molar refractivity (Wildman–Crippen MR) is 77.8 cm³/mol. The maximum atomic E-state index is 12.5. The van der Waals surface area contributed by atoms with E-state index < -0.39 is 11.7 Å². The highest BCUT2D eigenvalue weighted by atomic mass is 35.5. The van der Waals surface area contributed by atoms with E-state index in [1.165, 1.54) is 17.4 Å². The number of anilines is 1. The van der Waals surface area contributed by atoms with Crippen LogP contribution in [0.3, 0.4) is 0 Å². The van der Waals surface area contributed by atoms with Crippen LogP contribution in [-0.4, -0.2) is 0 Å². The summed E-state index contributed by atoms with van der Waals surface area (Å²) in [7, 11) is 0. The molecule has 1 aromatic heterocycles. The van der Waals surface area contributed by atoms with E-state index in [0.29, 0.717) is 10.0 Å². The summed E-state index contributed by atoms with van der Waals surface area (Å²) in [5.74, 6) is 0. The van der Waals surface area contributed by atoms with Crippen molar-refractivity contribution >= 4 is 40.2 Å². The Hall–Kier alpha value is -0.910. The molecule has 0 aliphatic rings. The van der Waals surface area contributed by atoms with Crippen molar-refractivity contribution in [2.24, 2.45) is 0 Å². The van der Waals surface area contributed by atoms with Crippen molar-refractivity contribution in [2.45, 2.75) is 19.1 Å². The lowest BCUT2D eigenvalue weighted by Gasteiger charge is -2.16. The number of nitrogens with one attached hydrogen (secondary N) is 1. The van der Waals surface area contributed by atoms with Crippen LogP contribution in [-0.2, 0) is 6.18 Å². The van der Waals surface area contributed by atoms with Crippen molar-refractivity contribution in [2.75, 3.05) is 5.32 Å². The number of benzene rings is 1. The van der Waals surface area contributed by atoms with Crippen molar-refractivity contribution < 1.29 is 13.2 Å². The van der Waals surface area contributed by atoms with E-state index in [2.05, 4.69) is 5.32 Å². The molecule has 0 amide bonds. The summed E-state index contributed by atoms with van der Waals surface area (Å²) in [6.07, 6.45) is -4.39. The molecule has 1 aromatic carbocycles. The second-order valence-electron chi connectivity index (χ2n) is 4.20. The third-order valence-electron chi connectivity index (χ3n) is 2.69. The highest BCUT2D eigenvalue weighted by Crippen LogP contribution is 2.35. The monoisotopic (exact) mass is 339 g/mol. The van der Waals surface area contributed by atoms with Gasteiger partial charge in [0, 0.05) is 4.88 Å². The number of hydrogen-bond acceptors (Lipinski definition) is 2. The van der Waals surface area contributed by atoms with E-state index in [9.17, 15) is 13.2 Å². The van der Waals surface area contributed by atoms with Crippen LogP contribution in [0.1, 0.15) is 23.4 Å². The second-order valence-corrected chi connectivity index (χ2v) is 6.35. The molecule has 0 saturated carbocycles. The second kappa shape index (κ2) is 5.84. The minimum absolute atomic E-state index is 0.0364. The zero-order valence-corrected chi connectivity index (χ0v) is 12.6. The van der Waals surface area contributed by atoms with Gasteiger partial charge >= 0.3 is 6.18 Å². The SMILES string of the molecule is CC(Nc1ccc(C(F)(F)F)cc1Cl)c1ccc(Cl)s1. The number of halogens is 5. The zero-order chi connectivity index (χ0) is 14.9. The van der Waals surface area contributed by atoms with Crippen molar-refractivity contribution in [3.8, 4) is 0 Å². The van der Waals surface area contributed by atoms with Crippen molar-refractivity contribution in [1.82, 2.24) is 0 Å². The van der Waals surface area contributed by atoms with E-state index in [-0.39, 0.29) is 11.1 Å². The summed E-state index contributed by atoms with van der Waals surface area (Å²) < 4.78 is 38.3. The molecule has 1 N–H and O–H groups in total. The van der Waals surface area contributed by atoms with Gasteiger partial charge in [-0.1, -0.05) is 23.2 Å². The molecule has 1 heterocycles. The van der Waals surface area contributed by atoms with E-state index in [1.54, 1.807) is 6.07 Å². The molecule has 20 heavy (non-hydrogen) atoms. The normalized spacial score (nSPS) is 13.3. The molecule has 1 nitrogen and oxygen atoms in total. The molecule has 108 valence electrons. The highest BCUT2D eigenvalue weighted by molar-refractivity contribution is 7.16. The van der Waals surface area contributed by atoms with Gasteiger partial charge in [0.2, 0.25) is 0 Å². The Labute approximate surface area is 128 Å². The molecule has 7 heteroatoms. The van der Waals surface area contributed by atoms with Crippen LogP contribution in [0, 0.1) is 0 Å². The number of thiophene rings is 1. The summed E-state index contributed by atoms with van der Waals surface area (Å²) in [6, 6.07) is 6.79. The van der Waals surface area contributed by atoms with Crippen LogP contribution < -0.4 is 5.32 Å². The summed E-state index contributed by atoms with van der Waals surface area (Å²) >= 11 is 13.1. The van der Waals surface area contributed by atoms with E-state index >= 15 is 0 Å². The Bertz CT molecular complexity index is 610. The molecule has 0 saturated heterocycles. The quantitative estimate of drug-likeness (QED) is 0.697. The van der Waals surface area contributed by atoms with Gasteiger partial charge in [0.25, 0.3) is 0 Å². The van der Waals surface area contributed by atoms with Crippen LogP contribution in [0.25, 0.3) is 0 Å². The first-order valence-corrected chi connectivity index (χ1v) is 7.23. The van der Waals surface area contributed by atoms with Crippen molar-refractivity contribution in [3.63, 3.8) is 0 Å². The van der Waals surface area contributed by atoms with E-state index in [1.807, 2.05) is 13.0 Å². The average Bonchev–Trinajstić information content (AvgIpc) is 2.77. The van der Waals surface area contributed by atoms with Gasteiger partial charge < -0.3 is 5.32 Å². The lowest BCUT2D eigenvalue weighted by Crippen LogP contribution is -2.08. The van der Waals surface area contributed by atoms with Crippen molar-refractivity contribution in [1.29, 1.82) is 0 Å². The third kappa shape index (κ3) is 3.59. The van der Waals surface area contributed by atoms with Gasteiger partial charge in [0.1, 0.15) is 0 Å². The van der Waals surface area contributed by atoms with E-state index in [0.717, 1.165) is 17.0 Å². The number of hydrogen-bond donors (Lipinski definition) is 1. The first-order chi connectivity index (χ1) is 9.27. The standard InChI is InChI=1S/C13H10Cl2F3NS/c1-7(11-4-5-12(15)20-11)19-10-3-2-8(6-9(10)14)13(16,17)18/h2-7,19H,1H3. The molecular weight excluding hydrogens is 330 g/mol. The van der Waals surface area contributed by atoms with Gasteiger partial charge in [0.05, 0.1) is 26.7 Å². The molecule has 0 bridgehead atoms. The van der Waals surface area contributed by atoms with Gasteiger partial charge in [-0.05, 0) is 37.3 Å². The maximum Gasteiger partial charge on any atom is 0.416 e. The lowest BCUT2D eigenvalue weighted by atomic mass is 10.2. The van der Waals surface area contributed by atoms with Gasteiger partial charge in [-0.2, -0.15) is 13.2 Å². The van der Waals surface area contributed by atoms with Gasteiger partial charge in [-0.15, -0.1) is 11.3 Å². The molecule has 1 unspecified atom stereocenters. The molecular formula is C13H10Cl2F3NS. The highest BCUT2D eigenvalue weighted by Gasteiger charge is 2.30. The Morgan fingerprint density at radius 2 is 1.85 bits per heavy atom. The third-order valence-corrected chi connectivity index (χ3v) is 4.42. The van der Waals surface area contributed by atoms with Crippen LogP contribution in [0.2, 0.25) is 9.36 Å². The molecule has 2 aromatic rings. The van der Waals surface area contributed by atoms with Crippen LogP contribution >= 0.6 is 34.5 Å². The Morgan fingerprint density at radius 3 is 2.35 bits per heavy atom. The predicted octanol–water partition coefficient (Wildman–Crippen LogP) is 6.25. The summed E-state index contributed by atoms with van der Waals surface area (Å²) in [5, 5.41) is 3.11. The molecule has 0 aliphatic heterocycles. The average molecular weight is 340 g/mol. The first kappa shape index (κ1) is 15.5. The molecule has 1 atom stereocenters. The maximum absolute atomic E-state index is 12.5. The fourth-order valence-electron chi connectivity index (χ4n) is 1.67. The van der Waals surface area contributed by atoms with Gasteiger partial charge in [-0.25, -0.2) is 0 Å². The van der Waals surface area contributed by atoms with Crippen LogP contribution in [0.15, 0.2) is 30.3 Å². The molecule has 0 aliphatic carbocycles. The van der Waals surface area contributed by atoms with Gasteiger partial charge in [0.15, 0.2) is 0 Å². The summed E-state index contributed by atoms with van der Waals surface area (Å²) in [6.45, 7) is 1.89. The summed E-state index contributed by atoms with van der Waals surface area (Å²) in [4.78, 5) is 0.978. The van der Waals surface area contributed by atoms with E-state index in [4.69, 9.17) is 23.2 Å². The topological polar surface area (TPSA) is 12.0 Å². The first-order valence-electron chi connectivity index (χ1n) is 5.66. The minimum atomic E-state index is -4.39. The Kier molecular flexibility index (Phi) is 4.52. The lowest BCUT2D eigenvalue weighted by molar-refractivity contribution is -0.137. The molecule has 2 rings (SSSR count). The number of alkyl halides is 3. The summed E-state index contributed by atoms with van der Waals surface area (Å²) in [5.41, 5.74) is -0.309. The Morgan fingerprint density at radius 1 is 1.15 bits per heavy atom. The fourth-order valence-corrected chi connectivity index (χ4v) is 2.97. The molecule has 0 spiro atoms. The fraction of sp³-hybridized carbons (Fsp3) is 0.231. The number of rotatable bonds is 3. The molecule has 0 fully saturated rings. The minimum Gasteiger partial charge on any atom is -0.377 e. The van der Waals surface area contributed by atoms with Crippen LogP contribution in [0.5, 0.6) is 0 Å². The zero-order valence-electron chi connectivity index (χ0n) is 10.3. The smallest absolute Gasteiger partial charge is 0.377 e. The Balaban J connectivity index is 2.18. The molecule has 0 radical (unpaired) electrons. The van der Waals surface area contributed by atoms with Crippen LogP contribution in [0.4, 0.5) is 18.9 Å². The van der Waals surface area contributed by atoms with Gasteiger partial charge in [-0.3, -0.25) is 0 Å².